The molecule has 4 aromatic carbocycles. The molecule has 5 aromatic rings. The predicted octanol–water partition coefficient (Wildman–Crippen LogP) is 8.63. The molecule has 1 N–H and O–H groups in total. The molecule has 1 aromatic heterocycles. The number of ether oxygens (including phenoxy) is 3. The van der Waals surface area contributed by atoms with Crippen LogP contribution in [0.25, 0.3) is 6.08 Å². The van der Waals surface area contributed by atoms with E-state index in [0.29, 0.717) is 11.6 Å². The fraction of sp³-hybridized carbons (Fsp3) is 0.304. The Labute approximate surface area is 358 Å². The highest BCUT2D eigenvalue weighted by Crippen LogP contribution is 2.52. The minimum Gasteiger partial charge on any atom is -0.450 e. The molecular formula is C46H47F3N4O6SSi. The van der Waals surface area contributed by atoms with Crippen LogP contribution in [-0.2, 0) is 30.8 Å². The maximum Gasteiger partial charge on any atom is 0.506 e. The van der Waals surface area contributed by atoms with Gasteiger partial charge in [0.15, 0.2) is 11.9 Å². The quantitative estimate of drug-likeness (QED) is 0.0585. The molecular weight excluding hydrogens is 822 g/mol. The van der Waals surface area contributed by atoms with Gasteiger partial charge < -0.3 is 23.7 Å². The van der Waals surface area contributed by atoms with Crippen molar-refractivity contribution < 1.29 is 41.7 Å². The molecule has 0 unspecified atom stereocenters. The van der Waals surface area contributed by atoms with Gasteiger partial charge in [0.1, 0.15) is 30.1 Å². The molecule has 0 spiro atoms. The highest BCUT2D eigenvalue weighted by Gasteiger charge is 2.57. The summed E-state index contributed by atoms with van der Waals surface area (Å²) < 4.78 is 70.7. The van der Waals surface area contributed by atoms with Gasteiger partial charge in [0.25, 0.3) is 8.32 Å². The van der Waals surface area contributed by atoms with E-state index in [4.69, 9.17) is 23.9 Å². The summed E-state index contributed by atoms with van der Waals surface area (Å²) in [5.74, 6) is -2.38. The van der Waals surface area contributed by atoms with Crippen molar-refractivity contribution in [3.05, 3.63) is 162 Å². The minimum atomic E-state index is -3.12. The van der Waals surface area contributed by atoms with Crippen LogP contribution in [-0.4, -0.2) is 70.5 Å². The number of nitrogens with zero attached hydrogens (tertiary/aromatic N) is 4. The first-order chi connectivity index (χ1) is 29.2. The fourth-order valence-electron chi connectivity index (χ4n) is 7.85. The molecule has 0 bridgehead atoms. The van der Waals surface area contributed by atoms with Crippen LogP contribution in [0.4, 0.5) is 18.0 Å². The van der Waals surface area contributed by atoms with Crippen molar-refractivity contribution in [2.45, 2.75) is 67.6 Å². The summed E-state index contributed by atoms with van der Waals surface area (Å²) in [6.45, 7) is 8.25. The Balaban J connectivity index is 1.36. The van der Waals surface area contributed by atoms with Gasteiger partial charge in [-0.3, -0.25) is 0 Å². The zero-order valence-electron chi connectivity index (χ0n) is 34.2. The first kappa shape index (κ1) is 45.0. The third kappa shape index (κ3) is 10.2. The summed E-state index contributed by atoms with van der Waals surface area (Å²) >= 11 is 1.30. The van der Waals surface area contributed by atoms with Crippen molar-refractivity contribution in [2.75, 3.05) is 19.8 Å². The van der Waals surface area contributed by atoms with E-state index in [-0.39, 0.29) is 43.9 Å². The molecule has 1 fully saturated rings. The van der Waals surface area contributed by atoms with E-state index < -0.39 is 58.9 Å². The summed E-state index contributed by atoms with van der Waals surface area (Å²) in [5.41, 5.74) is -1.72. The topological polar surface area (TPSA) is 129 Å². The lowest BCUT2D eigenvalue weighted by atomic mass is 9.78. The van der Waals surface area contributed by atoms with Gasteiger partial charge in [0, 0.05) is 23.8 Å². The Morgan fingerprint density at radius 3 is 2.18 bits per heavy atom. The number of thioether (sulfide) groups is 1. The van der Waals surface area contributed by atoms with E-state index in [2.05, 4.69) is 55.1 Å². The molecule has 0 saturated carbocycles. The monoisotopic (exact) mass is 868 g/mol. The van der Waals surface area contributed by atoms with E-state index in [1.54, 1.807) is 31.2 Å². The van der Waals surface area contributed by atoms with Gasteiger partial charge in [0.2, 0.25) is 0 Å². The predicted molar refractivity (Wildman–Crippen MR) is 230 cm³/mol. The number of hydrogen-bond donors (Lipinski definition) is 1. The molecule has 61 heavy (non-hydrogen) atoms. The Morgan fingerprint density at radius 2 is 1.62 bits per heavy atom. The number of allylic oxidation sites excluding steroid dienone is 2. The zero-order chi connectivity index (χ0) is 43.7. The lowest BCUT2D eigenvalue weighted by Crippen LogP contribution is -2.67. The van der Waals surface area contributed by atoms with Crippen molar-refractivity contribution >= 4 is 42.7 Å². The fourth-order valence-corrected chi connectivity index (χ4v) is 14.1. The number of halogens is 3. The van der Waals surface area contributed by atoms with Crippen LogP contribution < -0.4 is 10.4 Å². The molecule has 15 heteroatoms. The molecule has 1 aliphatic heterocycles. The van der Waals surface area contributed by atoms with Crippen molar-refractivity contribution in [2.24, 2.45) is 0 Å². The molecule has 0 amide bonds. The van der Waals surface area contributed by atoms with Gasteiger partial charge in [-0.05, 0) is 59.1 Å². The van der Waals surface area contributed by atoms with E-state index in [1.807, 2.05) is 42.5 Å². The molecule has 2 atom stereocenters. The van der Waals surface area contributed by atoms with Gasteiger partial charge >= 0.3 is 6.16 Å². The SMILES string of the molecule is CC(C)(C)[Si](OCC[C@@](C)(SC1COC(C=CC=Cc2ccc(C#N)cc2F)OC1)[C@@](Cn1cncn1)(OC(=O)O)c1ccc(F)cc1F)(c1ccccc1)c1ccccc1. The lowest BCUT2D eigenvalue weighted by Gasteiger charge is -2.49. The second-order valence-corrected chi connectivity index (χ2v) is 21.9. The molecule has 0 aliphatic carbocycles. The summed E-state index contributed by atoms with van der Waals surface area (Å²) in [7, 11) is -3.12. The first-order valence-electron chi connectivity index (χ1n) is 19.6. The van der Waals surface area contributed by atoms with E-state index in [1.165, 1.54) is 47.3 Å². The largest absolute Gasteiger partial charge is 0.506 e. The number of aromatic nitrogens is 3. The van der Waals surface area contributed by atoms with Crippen molar-refractivity contribution in [1.29, 1.82) is 5.26 Å². The first-order valence-corrected chi connectivity index (χ1v) is 22.4. The summed E-state index contributed by atoms with van der Waals surface area (Å²) in [5, 5.41) is 25.0. The molecule has 2 heterocycles. The number of rotatable bonds is 16. The smallest absolute Gasteiger partial charge is 0.450 e. The Bertz CT molecular complexity index is 2310. The maximum absolute atomic E-state index is 16.3. The number of nitriles is 1. The van der Waals surface area contributed by atoms with Crippen molar-refractivity contribution in [3.63, 3.8) is 0 Å². The highest BCUT2D eigenvalue weighted by atomic mass is 32.2. The number of carboxylic acid groups (broad SMARTS) is 1. The van der Waals surface area contributed by atoms with Crippen LogP contribution in [0.5, 0.6) is 0 Å². The van der Waals surface area contributed by atoms with Gasteiger partial charge in [-0.15, -0.1) is 11.8 Å². The second-order valence-electron chi connectivity index (χ2n) is 15.8. The van der Waals surface area contributed by atoms with Crippen molar-refractivity contribution in [3.8, 4) is 6.07 Å². The Morgan fingerprint density at radius 1 is 0.951 bits per heavy atom. The van der Waals surface area contributed by atoms with E-state index >= 15 is 4.39 Å². The molecule has 318 valence electrons. The normalized spacial score (nSPS) is 18.1. The zero-order valence-corrected chi connectivity index (χ0v) is 36.0. The second kappa shape index (κ2) is 19.5. The van der Waals surface area contributed by atoms with Crippen LogP contribution in [0, 0.1) is 28.8 Å². The van der Waals surface area contributed by atoms with Gasteiger partial charge in [-0.2, -0.15) is 10.4 Å². The third-order valence-corrected chi connectivity index (χ3v) is 17.5. The maximum atomic E-state index is 16.3. The average Bonchev–Trinajstić information content (AvgIpc) is 3.75. The van der Waals surface area contributed by atoms with Crippen LogP contribution in [0.3, 0.4) is 0 Å². The Kier molecular flexibility index (Phi) is 14.4. The average molecular weight is 869 g/mol. The summed E-state index contributed by atoms with van der Waals surface area (Å²) in [6, 6.07) is 29.2. The molecule has 0 radical (unpaired) electrons. The lowest BCUT2D eigenvalue weighted by molar-refractivity contribution is -0.146. The van der Waals surface area contributed by atoms with Crippen LogP contribution in [0.15, 0.2) is 128 Å². The molecule has 10 nitrogen and oxygen atoms in total. The molecule has 1 aliphatic rings. The summed E-state index contributed by atoms with van der Waals surface area (Å²) in [6.07, 6.45) is 6.81. The standard InChI is InChI=1S/C46H47F3N4O6SSi/c1-44(2,3)61(37-14-7-5-8-15-37,38-16-9-6-10-17-38)58-24-23-45(4,46(59-43(54)55,30-53-32-51-31-52-53)39-22-21-35(47)26-41(39)49)60-36-28-56-42(57-29-36)18-12-11-13-34-20-19-33(27-50)25-40(34)48/h5-22,25-26,31-32,36,42H,23-24,28-30H2,1-4H3,(H,54,55)/t36?,42?,45-,46+/m1/s1. The van der Waals surface area contributed by atoms with Gasteiger partial charge in [-0.1, -0.05) is 106 Å². The Hall–Kier alpha value is -5.50. The van der Waals surface area contributed by atoms with E-state index in [0.717, 1.165) is 22.5 Å². The number of hydrogen-bond acceptors (Lipinski definition) is 9. The third-order valence-electron chi connectivity index (χ3n) is 10.8. The van der Waals surface area contributed by atoms with Crippen molar-refractivity contribution in [1.82, 2.24) is 14.8 Å². The van der Waals surface area contributed by atoms with Crippen LogP contribution in [0.2, 0.25) is 5.04 Å². The molecule has 6 rings (SSSR count). The summed E-state index contributed by atoms with van der Waals surface area (Å²) in [4.78, 5) is 16.9. The minimum absolute atomic E-state index is 0.0770. The van der Waals surface area contributed by atoms with E-state index in [9.17, 15) is 18.7 Å². The number of benzene rings is 4. The number of carbonyl (C=O) groups is 1. The highest BCUT2D eigenvalue weighted by molar-refractivity contribution is 8.01. The van der Waals surface area contributed by atoms with Gasteiger partial charge in [0.05, 0.1) is 41.4 Å². The van der Waals surface area contributed by atoms with Crippen LogP contribution >= 0.6 is 11.8 Å². The van der Waals surface area contributed by atoms with Gasteiger partial charge in [-0.25, -0.2) is 27.6 Å². The molecule has 1 saturated heterocycles. The van der Waals surface area contributed by atoms with Crippen LogP contribution in [0.1, 0.15) is 50.8 Å².